The molecule has 0 saturated carbocycles. The third-order valence-corrected chi connectivity index (χ3v) is 6.92. The standard InChI is InChI=1S/C27H38F2N4O3/c1-15(17-9-8-10-18(11-17)27(28,29)25(3,4)35)31-22-20-13-30-32-16(2)19(20)12-21-23(22)33(6)24(34)26(21,5)14-36-7/h8-11,13,15-16,19,21,30-32,35H,12,14H2,1-7H3/t15-,16?,19?,21?,26?/m1/s1/i12D2,13D,16D,19D,21D/hD2. The lowest BCUT2D eigenvalue weighted by Gasteiger charge is -2.43. The quantitative estimate of drug-likeness (QED) is 0.447. The summed E-state index contributed by atoms with van der Waals surface area (Å²) in [5.41, 5.74) is -5.36. The minimum Gasteiger partial charge on any atom is -0.384 e. The fourth-order valence-electron chi connectivity index (χ4n) is 4.73. The van der Waals surface area contributed by atoms with E-state index in [0.29, 0.717) is 0 Å². The number of allylic oxidation sites excluding steroid dienone is 2. The van der Waals surface area contributed by atoms with Gasteiger partial charge in [-0.3, -0.25) is 4.79 Å². The zero-order chi connectivity index (χ0) is 33.8. The minimum atomic E-state index is -3.66. The number of ether oxygens (including phenoxy) is 1. The van der Waals surface area contributed by atoms with E-state index in [9.17, 15) is 15.4 Å². The average molecular weight is 513 g/mol. The summed E-state index contributed by atoms with van der Waals surface area (Å²) >= 11 is 0. The lowest BCUT2D eigenvalue weighted by molar-refractivity contribution is -0.168. The van der Waals surface area contributed by atoms with Gasteiger partial charge < -0.3 is 25.5 Å². The van der Waals surface area contributed by atoms with Gasteiger partial charge in [-0.15, -0.1) is 0 Å². The van der Waals surface area contributed by atoms with Gasteiger partial charge in [0, 0.05) is 62.3 Å². The second-order valence-electron chi connectivity index (χ2n) is 10.1. The van der Waals surface area contributed by atoms with E-state index in [2.05, 4.69) is 5.32 Å². The number of aliphatic hydroxyl groups is 1. The predicted octanol–water partition coefficient (Wildman–Crippen LogP) is 3.55. The largest absolute Gasteiger partial charge is 0.384 e. The third kappa shape index (κ3) is 4.11. The molecule has 0 radical (unpaired) electrons. The number of methoxy groups -OCH3 is 1. The number of hydrogen-bond donors (Lipinski definition) is 4. The van der Waals surface area contributed by atoms with Crippen LogP contribution < -0.4 is 16.2 Å². The van der Waals surface area contributed by atoms with Gasteiger partial charge in [-0.05, 0) is 58.2 Å². The van der Waals surface area contributed by atoms with Gasteiger partial charge in [0.05, 0.1) is 19.1 Å². The van der Waals surface area contributed by atoms with E-state index in [1.807, 2.05) is 0 Å². The van der Waals surface area contributed by atoms with E-state index < -0.39 is 77.0 Å². The van der Waals surface area contributed by atoms with Crippen LogP contribution in [0.25, 0.3) is 0 Å². The summed E-state index contributed by atoms with van der Waals surface area (Å²) < 4.78 is 108. The molecule has 1 amide bonds. The molecular weight excluding hydrogens is 466 g/mol. The van der Waals surface area contributed by atoms with Crippen molar-refractivity contribution in [2.45, 2.75) is 64.6 Å². The highest BCUT2D eigenvalue weighted by Gasteiger charge is 2.57. The fraction of sp³-hybridized carbons (Fsp3) is 0.593. The van der Waals surface area contributed by atoms with Crippen molar-refractivity contribution in [3.8, 4) is 0 Å². The molecule has 7 nitrogen and oxygen atoms in total. The highest BCUT2D eigenvalue weighted by Crippen LogP contribution is 2.53. The Morgan fingerprint density at radius 2 is 2.19 bits per heavy atom. The normalized spacial score (nSPS) is 41.2. The van der Waals surface area contributed by atoms with Gasteiger partial charge in [0.25, 0.3) is 0 Å². The van der Waals surface area contributed by atoms with Crippen LogP contribution in [0.1, 0.15) is 66.4 Å². The molecule has 1 aromatic carbocycles. The molecule has 36 heavy (non-hydrogen) atoms. The number of fused-ring (bicyclic) bond motifs is 2. The van der Waals surface area contributed by atoms with E-state index >= 15 is 8.78 Å². The van der Waals surface area contributed by atoms with Crippen molar-refractivity contribution in [2.24, 2.45) is 17.2 Å². The van der Waals surface area contributed by atoms with Gasteiger partial charge >= 0.3 is 5.92 Å². The summed E-state index contributed by atoms with van der Waals surface area (Å²) in [4.78, 5) is 14.9. The molecular formula is C27H38F2N4O3. The number of nitrogens with zero attached hydrogens (tertiary/aromatic N) is 1. The predicted molar refractivity (Wildman–Crippen MR) is 133 cm³/mol. The smallest absolute Gasteiger partial charge is 0.300 e. The summed E-state index contributed by atoms with van der Waals surface area (Å²) in [6, 6.07) is 1.58. The molecule has 198 valence electrons. The van der Waals surface area contributed by atoms with Gasteiger partial charge in [0.1, 0.15) is 7.01 Å². The minimum absolute atomic E-state index is 0.162. The Kier molecular flexibility index (Phi) is 4.53. The number of hydrazine groups is 1. The number of alkyl halides is 2. The molecule has 1 aliphatic carbocycles. The zero-order valence-corrected chi connectivity index (χ0v) is 21.5. The van der Waals surface area contributed by atoms with Crippen molar-refractivity contribution in [1.82, 2.24) is 21.1 Å². The van der Waals surface area contributed by atoms with Crippen LogP contribution in [0.3, 0.4) is 0 Å². The van der Waals surface area contributed by atoms with E-state index in [1.54, 1.807) is 6.92 Å². The highest BCUT2D eigenvalue weighted by molar-refractivity contribution is 5.89. The molecule has 0 bridgehead atoms. The van der Waals surface area contributed by atoms with Gasteiger partial charge in [0.15, 0.2) is 1.41 Å². The average Bonchev–Trinajstić information content (AvgIpc) is 3.07. The number of hydrogen-bond acceptors (Lipinski definition) is 6. The van der Waals surface area contributed by atoms with Crippen molar-refractivity contribution in [2.75, 3.05) is 20.8 Å². The molecule has 4 unspecified atom stereocenters. The monoisotopic (exact) mass is 512 g/mol. The van der Waals surface area contributed by atoms with Crippen molar-refractivity contribution in [1.29, 1.82) is 0 Å². The number of halogens is 2. The van der Waals surface area contributed by atoms with Crippen LogP contribution in [-0.2, 0) is 15.5 Å². The highest BCUT2D eigenvalue weighted by atomic mass is 19.3. The first-order valence-electron chi connectivity index (χ1n) is 15.5. The van der Waals surface area contributed by atoms with Crippen molar-refractivity contribution in [3.05, 3.63) is 58.5 Å². The number of carbonyl (C=O) groups is 1. The summed E-state index contributed by atoms with van der Waals surface area (Å²) in [7, 11) is 2.57. The lowest BCUT2D eigenvalue weighted by Crippen LogP contribution is -2.50. The summed E-state index contributed by atoms with van der Waals surface area (Å²) in [6.45, 7) is 5.37. The van der Waals surface area contributed by atoms with E-state index in [1.165, 1.54) is 33.2 Å². The molecule has 3 aliphatic rings. The first kappa shape index (κ1) is 17.9. The summed E-state index contributed by atoms with van der Waals surface area (Å²) in [5.74, 6) is -9.97. The van der Waals surface area contributed by atoms with Crippen molar-refractivity contribution < 1.29 is 34.5 Å². The number of likely N-dealkylation sites (tertiary alicyclic amines) is 1. The maximum Gasteiger partial charge on any atom is 0.300 e. The van der Waals surface area contributed by atoms with Gasteiger partial charge in [-0.2, -0.15) is 8.78 Å². The summed E-state index contributed by atoms with van der Waals surface area (Å²) in [5, 5.41) is 13.1. The lowest BCUT2D eigenvalue weighted by atomic mass is 9.67. The first-order chi connectivity index (χ1) is 19.8. The van der Waals surface area contributed by atoms with Crippen LogP contribution in [0.5, 0.6) is 0 Å². The second-order valence-corrected chi connectivity index (χ2v) is 10.1. The molecule has 4 rings (SSSR count). The molecule has 4 N–H and O–H groups in total. The van der Waals surface area contributed by atoms with Crippen LogP contribution in [0.2, 0.25) is 2.82 Å². The van der Waals surface area contributed by atoms with Crippen molar-refractivity contribution >= 4 is 5.91 Å². The SMILES string of the molecule is [2H]C1=C2C(N[C@H](C)c3cccc(C(F)(F)C(C)(C)O)c3)=C3N(C)C(=O)C(C)(COC)C3([2H])C([2H])([2H])C2([2H])C([2H])(C)N([2H])N1[2H]. The molecule has 1 fully saturated rings. The molecule has 5 atom stereocenters. The van der Waals surface area contributed by atoms with Gasteiger partial charge in [-0.1, -0.05) is 18.2 Å². The van der Waals surface area contributed by atoms with E-state index in [-0.39, 0.29) is 27.8 Å². The Morgan fingerprint density at radius 3 is 2.83 bits per heavy atom. The maximum atomic E-state index is 15.1. The molecule has 0 spiro atoms. The number of benzene rings is 1. The van der Waals surface area contributed by atoms with E-state index in [4.69, 9.17) is 10.3 Å². The van der Waals surface area contributed by atoms with Crippen LogP contribution in [0.4, 0.5) is 8.78 Å². The second kappa shape index (κ2) is 9.11. The number of amides is 1. The van der Waals surface area contributed by atoms with Gasteiger partial charge in [0.2, 0.25) is 5.91 Å². The van der Waals surface area contributed by atoms with Crippen LogP contribution >= 0.6 is 0 Å². The van der Waals surface area contributed by atoms with Crippen molar-refractivity contribution in [3.63, 3.8) is 0 Å². The van der Waals surface area contributed by atoms with Crippen LogP contribution in [0.15, 0.2) is 47.4 Å². The molecule has 2 heterocycles. The number of rotatable bonds is 7. The number of nitrogens with one attached hydrogen (secondary N) is 3. The Balaban J connectivity index is 2.07. The molecule has 9 heteroatoms. The first-order valence-corrected chi connectivity index (χ1v) is 11.6. The zero-order valence-electron chi connectivity index (χ0n) is 29.5. The molecule has 2 aliphatic heterocycles. The summed E-state index contributed by atoms with van der Waals surface area (Å²) in [6.07, 6.45) is -4.00. The third-order valence-electron chi connectivity index (χ3n) is 6.92. The molecule has 0 aromatic heterocycles. The fourth-order valence-corrected chi connectivity index (χ4v) is 4.73. The Labute approximate surface area is 223 Å². The van der Waals surface area contributed by atoms with E-state index in [0.717, 1.165) is 37.8 Å². The Bertz CT molecular complexity index is 1450. The molecule has 1 aromatic rings. The molecule has 1 saturated heterocycles. The topological polar surface area (TPSA) is 85.9 Å². The maximum absolute atomic E-state index is 15.1. The Morgan fingerprint density at radius 1 is 1.50 bits per heavy atom. The van der Waals surface area contributed by atoms with Crippen LogP contribution in [-0.4, -0.2) is 48.3 Å². The van der Waals surface area contributed by atoms with Gasteiger partial charge in [-0.25, -0.2) is 5.42 Å². The van der Waals surface area contributed by atoms with Crippen LogP contribution in [0, 0.1) is 17.2 Å². The number of carbonyl (C=O) groups excluding carboxylic acids is 1. The Hall–Kier alpha value is -2.49.